The van der Waals surface area contributed by atoms with Crippen molar-refractivity contribution in [3.63, 3.8) is 0 Å². The number of anilines is 1. The highest BCUT2D eigenvalue weighted by Gasteiger charge is 2.20. The number of hydrazine groups is 1. The SMILES string of the molecule is O=[N+]([O-])c1ccc(SN2Cc3ccccc3N2)c(Cl)c1. The normalized spacial score (nSPS) is 13.8. The van der Waals surface area contributed by atoms with Crippen molar-refractivity contribution in [1.29, 1.82) is 0 Å². The van der Waals surface area contributed by atoms with E-state index in [1.807, 2.05) is 22.6 Å². The molecular weight excluding hydrogens is 298 g/mol. The average molecular weight is 308 g/mol. The molecule has 0 amide bonds. The number of hydrogen-bond donors (Lipinski definition) is 1. The maximum absolute atomic E-state index is 10.7. The van der Waals surface area contributed by atoms with Gasteiger partial charge in [0.1, 0.15) is 0 Å². The Labute approximate surface area is 124 Å². The lowest BCUT2D eigenvalue weighted by Gasteiger charge is -2.15. The molecule has 20 heavy (non-hydrogen) atoms. The number of benzene rings is 2. The third-order valence-electron chi connectivity index (χ3n) is 2.91. The van der Waals surface area contributed by atoms with Gasteiger partial charge in [0.15, 0.2) is 0 Å². The Bertz CT molecular complexity index is 655. The van der Waals surface area contributed by atoms with Gasteiger partial charge in [0.2, 0.25) is 0 Å². The van der Waals surface area contributed by atoms with Crippen molar-refractivity contribution in [2.24, 2.45) is 0 Å². The first kappa shape index (κ1) is 13.2. The van der Waals surface area contributed by atoms with Crippen LogP contribution < -0.4 is 5.43 Å². The summed E-state index contributed by atoms with van der Waals surface area (Å²) in [4.78, 5) is 11.0. The molecule has 2 aromatic rings. The van der Waals surface area contributed by atoms with Crippen molar-refractivity contribution < 1.29 is 4.92 Å². The minimum Gasteiger partial charge on any atom is -0.308 e. The van der Waals surface area contributed by atoms with E-state index in [2.05, 4.69) is 11.5 Å². The van der Waals surface area contributed by atoms with Crippen LogP contribution in [0.5, 0.6) is 0 Å². The number of rotatable bonds is 3. The standard InChI is InChI=1S/C13H10ClN3O2S/c14-11-7-10(17(18)19)5-6-13(11)20-16-8-9-3-1-2-4-12(9)15-16/h1-7,15H,8H2. The van der Waals surface area contributed by atoms with E-state index in [0.717, 1.165) is 17.1 Å². The fourth-order valence-electron chi connectivity index (χ4n) is 1.95. The summed E-state index contributed by atoms with van der Waals surface area (Å²) >= 11 is 7.51. The number of hydrogen-bond acceptors (Lipinski definition) is 5. The third kappa shape index (κ3) is 2.58. The number of nitro benzene ring substituents is 1. The summed E-state index contributed by atoms with van der Waals surface area (Å²) in [5.41, 5.74) is 5.52. The molecule has 2 aromatic carbocycles. The first-order valence-electron chi connectivity index (χ1n) is 5.87. The fourth-order valence-corrected chi connectivity index (χ4v) is 3.09. The van der Waals surface area contributed by atoms with Crippen LogP contribution in [0.1, 0.15) is 5.56 Å². The van der Waals surface area contributed by atoms with Gasteiger partial charge in [0.05, 0.1) is 22.2 Å². The Morgan fingerprint density at radius 2 is 2.10 bits per heavy atom. The number of halogens is 1. The van der Waals surface area contributed by atoms with Gasteiger partial charge in [-0.15, -0.1) is 0 Å². The molecule has 0 spiro atoms. The molecule has 102 valence electrons. The second-order valence-corrected chi connectivity index (χ2v) is 5.74. The van der Waals surface area contributed by atoms with Crippen molar-refractivity contribution in [2.45, 2.75) is 11.4 Å². The van der Waals surface area contributed by atoms with Crippen LogP contribution in [0.25, 0.3) is 0 Å². The molecule has 1 heterocycles. The number of non-ortho nitro benzene ring substituents is 1. The number of para-hydroxylation sites is 1. The van der Waals surface area contributed by atoms with Crippen molar-refractivity contribution >= 4 is 34.9 Å². The van der Waals surface area contributed by atoms with E-state index in [9.17, 15) is 10.1 Å². The molecule has 0 saturated heterocycles. The molecule has 0 radical (unpaired) electrons. The van der Waals surface area contributed by atoms with Crippen LogP contribution in [0.3, 0.4) is 0 Å². The maximum atomic E-state index is 10.7. The summed E-state index contributed by atoms with van der Waals surface area (Å²) < 4.78 is 1.94. The summed E-state index contributed by atoms with van der Waals surface area (Å²) in [5.74, 6) is 0. The second-order valence-electron chi connectivity index (χ2n) is 4.27. The van der Waals surface area contributed by atoms with Gasteiger partial charge < -0.3 is 5.43 Å². The van der Waals surface area contributed by atoms with Crippen molar-refractivity contribution in [1.82, 2.24) is 4.41 Å². The highest BCUT2D eigenvalue weighted by atomic mass is 35.5. The lowest BCUT2D eigenvalue weighted by molar-refractivity contribution is -0.384. The van der Waals surface area contributed by atoms with Crippen molar-refractivity contribution in [3.05, 3.63) is 63.2 Å². The molecule has 0 aliphatic carbocycles. The Kier molecular flexibility index (Phi) is 3.52. The lowest BCUT2D eigenvalue weighted by Crippen LogP contribution is -2.14. The predicted molar refractivity (Wildman–Crippen MR) is 79.6 cm³/mol. The van der Waals surface area contributed by atoms with Crippen molar-refractivity contribution in [2.75, 3.05) is 5.43 Å². The average Bonchev–Trinajstić information content (AvgIpc) is 2.83. The van der Waals surface area contributed by atoms with Gasteiger partial charge >= 0.3 is 0 Å². The molecule has 0 atom stereocenters. The smallest absolute Gasteiger partial charge is 0.270 e. The molecule has 0 bridgehead atoms. The fraction of sp³-hybridized carbons (Fsp3) is 0.0769. The molecule has 0 aromatic heterocycles. The number of nitrogens with zero attached hydrogens (tertiary/aromatic N) is 2. The zero-order valence-electron chi connectivity index (χ0n) is 10.2. The van der Waals surface area contributed by atoms with Gasteiger partial charge in [-0.05, 0) is 29.6 Å². The quantitative estimate of drug-likeness (QED) is 0.525. The van der Waals surface area contributed by atoms with E-state index in [1.165, 1.54) is 29.6 Å². The summed E-state index contributed by atoms with van der Waals surface area (Å²) in [7, 11) is 0. The van der Waals surface area contributed by atoms with Gasteiger partial charge in [-0.25, -0.2) is 0 Å². The van der Waals surface area contributed by atoms with Gasteiger partial charge in [-0.3, -0.25) is 10.1 Å². The van der Waals surface area contributed by atoms with Crippen LogP contribution in [-0.2, 0) is 6.54 Å². The first-order chi connectivity index (χ1) is 9.63. The Morgan fingerprint density at radius 1 is 1.30 bits per heavy atom. The first-order valence-corrected chi connectivity index (χ1v) is 7.02. The molecular formula is C13H10ClN3O2S. The molecule has 7 heteroatoms. The maximum Gasteiger partial charge on any atom is 0.270 e. The molecule has 1 aliphatic rings. The van der Waals surface area contributed by atoms with Gasteiger partial charge in [-0.2, -0.15) is 4.41 Å². The van der Waals surface area contributed by atoms with Crippen molar-refractivity contribution in [3.8, 4) is 0 Å². The van der Waals surface area contributed by atoms with Crippen LogP contribution in [-0.4, -0.2) is 9.34 Å². The van der Waals surface area contributed by atoms with Crippen LogP contribution >= 0.6 is 23.5 Å². The predicted octanol–water partition coefficient (Wildman–Crippen LogP) is 4.10. The Balaban J connectivity index is 1.75. The molecule has 1 aliphatic heterocycles. The van der Waals surface area contributed by atoms with Crippen LogP contribution in [0.15, 0.2) is 47.4 Å². The second kappa shape index (κ2) is 5.32. The van der Waals surface area contributed by atoms with Crippen LogP contribution in [0.4, 0.5) is 11.4 Å². The topological polar surface area (TPSA) is 58.4 Å². The molecule has 0 saturated carbocycles. The summed E-state index contributed by atoms with van der Waals surface area (Å²) in [6.07, 6.45) is 0. The van der Waals surface area contributed by atoms with E-state index in [1.54, 1.807) is 6.07 Å². The number of nitro groups is 1. The summed E-state index contributed by atoms with van der Waals surface area (Å²) in [5, 5.41) is 11.1. The van der Waals surface area contributed by atoms with Crippen LogP contribution in [0.2, 0.25) is 5.02 Å². The minimum atomic E-state index is -0.454. The van der Waals surface area contributed by atoms with E-state index >= 15 is 0 Å². The molecule has 1 N–H and O–H groups in total. The van der Waals surface area contributed by atoms with E-state index in [4.69, 9.17) is 11.6 Å². The minimum absolute atomic E-state index is 0.00276. The van der Waals surface area contributed by atoms with Gasteiger partial charge in [0.25, 0.3) is 5.69 Å². The summed E-state index contributed by atoms with van der Waals surface area (Å²) in [6.45, 7) is 0.744. The Morgan fingerprint density at radius 3 is 2.80 bits per heavy atom. The van der Waals surface area contributed by atoms with E-state index in [0.29, 0.717) is 5.02 Å². The zero-order valence-corrected chi connectivity index (χ0v) is 11.8. The zero-order chi connectivity index (χ0) is 14.1. The van der Waals surface area contributed by atoms with E-state index < -0.39 is 4.92 Å². The highest BCUT2D eigenvalue weighted by molar-refractivity contribution is 7.97. The van der Waals surface area contributed by atoms with Gasteiger partial charge in [0, 0.05) is 17.0 Å². The lowest BCUT2D eigenvalue weighted by atomic mass is 10.2. The molecule has 0 fully saturated rings. The monoisotopic (exact) mass is 307 g/mol. The molecule has 3 rings (SSSR count). The largest absolute Gasteiger partial charge is 0.308 e. The number of nitrogens with one attached hydrogen (secondary N) is 1. The Hall–Kier alpha value is -1.76. The highest BCUT2D eigenvalue weighted by Crippen LogP contribution is 2.36. The van der Waals surface area contributed by atoms with E-state index in [-0.39, 0.29) is 5.69 Å². The molecule has 0 unspecified atom stereocenters. The molecule has 5 nitrogen and oxygen atoms in total. The van der Waals surface area contributed by atoms with Crippen LogP contribution in [0, 0.1) is 10.1 Å². The summed E-state index contributed by atoms with van der Waals surface area (Å²) in [6, 6.07) is 12.5. The third-order valence-corrected chi connectivity index (χ3v) is 4.33. The van der Waals surface area contributed by atoms with Gasteiger partial charge in [-0.1, -0.05) is 29.8 Å². The number of fused-ring (bicyclic) bond motifs is 1.